The van der Waals surface area contributed by atoms with Gasteiger partial charge in [-0.2, -0.15) is 8.78 Å². The van der Waals surface area contributed by atoms with Crippen LogP contribution in [0.2, 0.25) is 0 Å². The van der Waals surface area contributed by atoms with Crippen LogP contribution < -0.4 is 0 Å². The van der Waals surface area contributed by atoms with E-state index in [9.17, 15) is 8.78 Å². The Balaban J connectivity index is 0.000000292. The van der Waals surface area contributed by atoms with Gasteiger partial charge in [0.25, 0.3) is 6.08 Å². The van der Waals surface area contributed by atoms with Crippen LogP contribution in [0.15, 0.2) is 11.7 Å². The molecule has 3 aliphatic rings. The number of hydrogen-bond acceptors (Lipinski definition) is 1. The molecule has 2 saturated heterocycles. The summed E-state index contributed by atoms with van der Waals surface area (Å²) in [4.78, 5) is 2.25. The average molecular weight is 229 g/mol. The molecule has 1 spiro atoms. The Labute approximate surface area is 96.5 Å². The highest BCUT2D eigenvalue weighted by Gasteiger charge is 2.57. The summed E-state index contributed by atoms with van der Waals surface area (Å²) in [5.41, 5.74) is 0.868. The summed E-state index contributed by atoms with van der Waals surface area (Å²) in [6.45, 7) is 5.83. The molecular weight excluding hydrogens is 208 g/mol. The molecule has 0 radical (unpaired) electrons. The van der Waals surface area contributed by atoms with Gasteiger partial charge in [0, 0.05) is 18.2 Å². The number of hydrogen-bond donors (Lipinski definition) is 0. The van der Waals surface area contributed by atoms with Gasteiger partial charge in [-0.05, 0) is 37.6 Å². The maximum absolute atomic E-state index is 12.4. The minimum Gasteiger partial charge on any atom is -0.295 e. The number of rotatable bonds is 0. The average Bonchev–Trinajstić information content (AvgIpc) is 2.74. The number of fused-ring (bicyclic) bond motifs is 2. The highest BCUT2D eigenvalue weighted by atomic mass is 19.3. The lowest BCUT2D eigenvalue weighted by Crippen LogP contribution is -2.26. The first-order chi connectivity index (χ1) is 7.63. The van der Waals surface area contributed by atoms with Crippen LogP contribution >= 0.6 is 0 Å². The molecule has 1 nitrogen and oxygen atoms in total. The fourth-order valence-corrected chi connectivity index (χ4v) is 3.03. The van der Waals surface area contributed by atoms with E-state index < -0.39 is 6.08 Å². The normalized spacial score (nSPS) is 30.0. The second kappa shape index (κ2) is 4.44. The van der Waals surface area contributed by atoms with Crippen molar-refractivity contribution >= 4 is 0 Å². The van der Waals surface area contributed by atoms with E-state index in [1.165, 1.54) is 25.7 Å². The molecule has 92 valence electrons. The van der Waals surface area contributed by atoms with Crippen LogP contribution in [0.3, 0.4) is 0 Å². The predicted octanol–water partition coefficient (Wildman–Crippen LogP) is 3.81. The van der Waals surface area contributed by atoms with Crippen molar-refractivity contribution in [3.63, 3.8) is 0 Å². The topological polar surface area (TPSA) is 3.24 Å². The van der Waals surface area contributed by atoms with Crippen LogP contribution in [0.1, 0.15) is 46.0 Å². The van der Waals surface area contributed by atoms with Gasteiger partial charge in [0.2, 0.25) is 0 Å². The molecule has 1 aliphatic carbocycles. The maximum atomic E-state index is 12.4. The van der Waals surface area contributed by atoms with Crippen molar-refractivity contribution in [1.29, 1.82) is 0 Å². The highest BCUT2D eigenvalue weighted by Crippen LogP contribution is 2.60. The molecule has 3 heteroatoms. The molecule has 1 saturated carbocycles. The summed E-state index contributed by atoms with van der Waals surface area (Å²) < 4.78 is 24.7. The first-order valence-electron chi connectivity index (χ1n) is 6.40. The zero-order chi connectivity index (χ0) is 11.8. The lowest BCUT2D eigenvalue weighted by Gasteiger charge is -2.17. The van der Waals surface area contributed by atoms with Crippen LogP contribution in [0, 0.1) is 5.41 Å². The Bertz CT molecular complexity index is 290. The van der Waals surface area contributed by atoms with E-state index in [1.807, 2.05) is 0 Å². The van der Waals surface area contributed by atoms with Gasteiger partial charge in [-0.3, -0.25) is 4.90 Å². The minimum absolute atomic E-state index is 0.399. The van der Waals surface area contributed by atoms with Crippen molar-refractivity contribution in [3.05, 3.63) is 11.7 Å². The minimum atomic E-state index is -1.43. The monoisotopic (exact) mass is 229 g/mol. The second-order valence-corrected chi connectivity index (χ2v) is 5.37. The van der Waals surface area contributed by atoms with Crippen molar-refractivity contribution in [3.8, 4) is 0 Å². The van der Waals surface area contributed by atoms with Crippen molar-refractivity contribution in [2.24, 2.45) is 5.41 Å². The fourth-order valence-electron chi connectivity index (χ4n) is 3.03. The van der Waals surface area contributed by atoms with Crippen molar-refractivity contribution in [2.45, 2.75) is 52.0 Å². The summed E-state index contributed by atoms with van der Waals surface area (Å²) in [5.74, 6) is 0. The molecule has 3 fully saturated rings. The van der Waals surface area contributed by atoms with Gasteiger partial charge >= 0.3 is 0 Å². The lowest BCUT2D eigenvalue weighted by molar-refractivity contribution is 0.281. The van der Waals surface area contributed by atoms with E-state index in [0.717, 1.165) is 6.54 Å². The molecule has 1 atom stereocenters. The highest BCUT2D eigenvalue weighted by molar-refractivity contribution is 5.22. The molecule has 1 unspecified atom stereocenters. The van der Waals surface area contributed by atoms with Gasteiger partial charge in [0.15, 0.2) is 0 Å². The third-order valence-electron chi connectivity index (χ3n) is 4.04. The lowest BCUT2D eigenvalue weighted by atomic mass is 9.94. The Morgan fingerprint density at radius 2 is 1.94 bits per heavy atom. The fraction of sp³-hybridized carbons (Fsp3) is 0.846. The predicted molar refractivity (Wildman–Crippen MR) is 61.5 cm³/mol. The smallest absolute Gasteiger partial charge is 0.270 e. The SMILES string of the molecule is CCC.FC(F)=C1CC2N(CCC23CC3)C1. The van der Waals surface area contributed by atoms with Gasteiger partial charge in [0.05, 0.1) is 0 Å². The van der Waals surface area contributed by atoms with E-state index in [4.69, 9.17) is 0 Å². The zero-order valence-electron chi connectivity index (χ0n) is 10.2. The molecule has 0 N–H and O–H groups in total. The third-order valence-corrected chi connectivity index (χ3v) is 4.04. The molecule has 2 aliphatic heterocycles. The zero-order valence-corrected chi connectivity index (χ0v) is 10.2. The van der Waals surface area contributed by atoms with Gasteiger partial charge in [-0.25, -0.2) is 0 Å². The third kappa shape index (κ3) is 2.02. The van der Waals surface area contributed by atoms with Gasteiger partial charge in [0.1, 0.15) is 0 Å². The van der Waals surface area contributed by atoms with Crippen molar-refractivity contribution in [2.75, 3.05) is 13.1 Å². The Morgan fingerprint density at radius 1 is 1.31 bits per heavy atom. The second-order valence-electron chi connectivity index (χ2n) is 5.37. The molecular formula is C13H21F2N. The van der Waals surface area contributed by atoms with E-state index in [1.54, 1.807) is 0 Å². The van der Waals surface area contributed by atoms with Gasteiger partial charge in [-0.15, -0.1) is 0 Å². The number of halogens is 2. The molecule has 16 heavy (non-hydrogen) atoms. The van der Waals surface area contributed by atoms with E-state index >= 15 is 0 Å². The summed E-state index contributed by atoms with van der Waals surface area (Å²) in [6, 6.07) is 0.462. The summed E-state index contributed by atoms with van der Waals surface area (Å²) in [7, 11) is 0. The maximum Gasteiger partial charge on any atom is 0.270 e. The van der Waals surface area contributed by atoms with Crippen LogP contribution in [0.5, 0.6) is 0 Å². The molecule has 0 aromatic carbocycles. The quantitative estimate of drug-likeness (QED) is 0.610. The Morgan fingerprint density at radius 3 is 2.44 bits per heavy atom. The van der Waals surface area contributed by atoms with Crippen molar-refractivity contribution < 1.29 is 8.78 Å². The van der Waals surface area contributed by atoms with E-state index in [-0.39, 0.29) is 0 Å². The molecule has 3 rings (SSSR count). The first kappa shape index (κ1) is 12.0. The molecule has 0 aromatic rings. The Kier molecular flexibility index (Phi) is 3.34. The molecule has 0 bridgehead atoms. The van der Waals surface area contributed by atoms with E-state index in [0.29, 0.717) is 30.0 Å². The van der Waals surface area contributed by atoms with Crippen LogP contribution in [-0.4, -0.2) is 24.0 Å². The van der Waals surface area contributed by atoms with Gasteiger partial charge < -0.3 is 0 Å². The summed E-state index contributed by atoms with van der Waals surface area (Å²) in [5, 5.41) is 0. The van der Waals surface area contributed by atoms with E-state index in [2.05, 4.69) is 18.7 Å². The summed E-state index contributed by atoms with van der Waals surface area (Å²) in [6.07, 6.45) is 4.26. The molecule has 0 amide bonds. The van der Waals surface area contributed by atoms with Gasteiger partial charge in [-0.1, -0.05) is 20.3 Å². The first-order valence-corrected chi connectivity index (χ1v) is 6.40. The summed E-state index contributed by atoms with van der Waals surface area (Å²) >= 11 is 0. The standard InChI is InChI=1S/C10H13F2N.C3H8/c11-9(12)7-5-8-10(1-2-10)3-4-13(8)6-7;1-3-2/h8H,1-6H2;3H2,1-2H3. The molecule has 0 aromatic heterocycles. The van der Waals surface area contributed by atoms with Crippen LogP contribution in [-0.2, 0) is 0 Å². The molecule has 2 heterocycles. The Hall–Kier alpha value is -0.440. The van der Waals surface area contributed by atoms with Crippen molar-refractivity contribution in [1.82, 2.24) is 4.90 Å². The van der Waals surface area contributed by atoms with Crippen LogP contribution in [0.4, 0.5) is 8.78 Å². The largest absolute Gasteiger partial charge is 0.295 e. The van der Waals surface area contributed by atoms with Crippen LogP contribution in [0.25, 0.3) is 0 Å². The number of nitrogens with zero attached hydrogens (tertiary/aromatic N) is 1.